The van der Waals surface area contributed by atoms with Crippen LogP contribution in [0.25, 0.3) is 22.4 Å². The summed E-state index contributed by atoms with van der Waals surface area (Å²) in [6, 6.07) is 9.61. The van der Waals surface area contributed by atoms with Crippen molar-refractivity contribution in [2.24, 2.45) is 0 Å². The number of aromatic amines is 1. The van der Waals surface area contributed by atoms with Crippen LogP contribution < -0.4 is 10.5 Å². The van der Waals surface area contributed by atoms with Gasteiger partial charge in [-0.05, 0) is 55.7 Å². The van der Waals surface area contributed by atoms with E-state index in [2.05, 4.69) is 31.8 Å². The molecule has 172 valence electrons. The van der Waals surface area contributed by atoms with Crippen molar-refractivity contribution >= 4 is 22.5 Å². The van der Waals surface area contributed by atoms with Crippen LogP contribution in [0.3, 0.4) is 0 Å². The van der Waals surface area contributed by atoms with Gasteiger partial charge in [-0.15, -0.1) is 0 Å². The lowest BCUT2D eigenvalue weighted by atomic mass is 9.93. The average Bonchev–Trinajstić information content (AvgIpc) is 3.61. The first-order valence-electron chi connectivity index (χ1n) is 11.4. The predicted molar refractivity (Wildman–Crippen MR) is 126 cm³/mol. The molecule has 0 radical (unpaired) electrons. The summed E-state index contributed by atoms with van der Waals surface area (Å²) in [5.74, 6) is 1.03. The molecule has 2 atom stereocenters. The van der Waals surface area contributed by atoms with Crippen LogP contribution in [0.2, 0.25) is 0 Å². The normalized spacial score (nSPS) is 17.1. The van der Waals surface area contributed by atoms with E-state index in [9.17, 15) is 9.18 Å². The van der Waals surface area contributed by atoms with Gasteiger partial charge in [-0.3, -0.25) is 9.36 Å². The molecule has 2 unspecified atom stereocenters. The Hall–Kier alpha value is -4.08. The molecule has 0 spiro atoms. The molecule has 6 rings (SSSR count). The fraction of sp³-hybridized carbons (Fsp3) is 0.292. The van der Waals surface area contributed by atoms with Crippen LogP contribution in [0, 0.1) is 5.82 Å². The highest BCUT2D eigenvalue weighted by Crippen LogP contribution is 2.37. The third-order valence-electron chi connectivity index (χ3n) is 6.68. The van der Waals surface area contributed by atoms with Gasteiger partial charge in [-0.25, -0.2) is 23.9 Å². The summed E-state index contributed by atoms with van der Waals surface area (Å²) in [5.41, 5.74) is 2.31. The van der Waals surface area contributed by atoms with Crippen molar-refractivity contribution in [3.8, 4) is 5.69 Å². The summed E-state index contributed by atoms with van der Waals surface area (Å²) in [7, 11) is 0. The maximum Gasteiger partial charge on any atom is 0.282 e. The van der Waals surface area contributed by atoms with Crippen LogP contribution in [0.15, 0.2) is 60.0 Å². The van der Waals surface area contributed by atoms with Crippen molar-refractivity contribution in [2.45, 2.75) is 38.1 Å². The van der Waals surface area contributed by atoms with E-state index >= 15 is 0 Å². The van der Waals surface area contributed by atoms with Gasteiger partial charge in [-0.1, -0.05) is 6.92 Å². The van der Waals surface area contributed by atoms with Gasteiger partial charge >= 0.3 is 0 Å². The van der Waals surface area contributed by atoms with Crippen molar-refractivity contribution < 1.29 is 4.39 Å². The third kappa shape index (κ3) is 3.17. The van der Waals surface area contributed by atoms with Gasteiger partial charge in [0.05, 0.1) is 12.0 Å². The molecular weight excluding hydrogens is 435 g/mol. The molecule has 1 fully saturated rings. The molecule has 1 N–H and O–H groups in total. The lowest BCUT2D eigenvalue weighted by molar-refractivity contribution is 0.471. The van der Waals surface area contributed by atoms with E-state index < -0.39 is 0 Å². The topological polar surface area (TPSA) is 97.0 Å². The van der Waals surface area contributed by atoms with Crippen LogP contribution in [0.1, 0.15) is 37.9 Å². The maximum atomic E-state index is 13.7. The van der Waals surface area contributed by atoms with Crippen LogP contribution in [-0.4, -0.2) is 46.7 Å². The van der Waals surface area contributed by atoms with Gasteiger partial charge in [0.25, 0.3) is 5.56 Å². The second-order valence-corrected chi connectivity index (χ2v) is 8.53. The SMILES string of the molecule is CCC(c1nn2cccc2c(=O)n1-c1ccc(F)cc1)C1CCCN1c1ncnc2nc[nH]c12. The fourth-order valence-electron chi connectivity index (χ4n) is 5.15. The highest BCUT2D eigenvalue weighted by atomic mass is 19.1. The second kappa shape index (κ2) is 8.05. The van der Waals surface area contributed by atoms with E-state index in [0.29, 0.717) is 22.7 Å². The fourth-order valence-corrected chi connectivity index (χ4v) is 5.15. The molecule has 4 aromatic heterocycles. The Bertz CT molecular complexity index is 1540. The largest absolute Gasteiger partial charge is 0.351 e. The molecule has 5 aromatic rings. The first-order valence-corrected chi connectivity index (χ1v) is 11.4. The molecule has 9 nitrogen and oxygen atoms in total. The quantitative estimate of drug-likeness (QED) is 0.433. The molecule has 34 heavy (non-hydrogen) atoms. The number of benzene rings is 1. The Kier molecular flexibility index (Phi) is 4.86. The van der Waals surface area contributed by atoms with Crippen molar-refractivity contribution in [3.63, 3.8) is 0 Å². The number of aromatic nitrogens is 7. The summed E-state index contributed by atoms with van der Waals surface area (Å²) >= 11 is 0. The first kappa shape index (κ1) is 20.5. The van der Waals surface area contributed by atoms with Crippen LogP contribution >= 0.6 is 0 Å². The van der Waals surface area contributed by atoms with Gasteiger partial charge in [0, 0.05) is 24.7 Å². The summed E-state index contributed by atoms with van der Waals surface area (Å²) in [6.07, 6.45) is 7.63. The summed E-state index contributed by atoms with van der Waals surface area (Å²) in [6.45, 7) is 2.94. The van der Waals surface area contributed by atoms with Gasteiger partial charge < -0.3 is 9.88 Å². The molecule has 10 heteroatoms. The van der Waals surface area contributed by atoms with Gasteiger partial charge in [0.2, 0.25) is 0 Å². The van der Waals surface area contributed by atoms with Gasteiger partial charge in [0.15, 0.2) is 11.5 Å². The standard InChI is InChI=1S/C24H23FN8O/c1-2-17(18-5-3-11-31(18)23-20-21(27-13-26-20)28-14-29-23)22-30-32-12-4-6-19(32)24(34)33(22)16-9-7-15(25)8-10-16/h4,6-10,12-14,17-18H,2-3,5,11H2,1H3,(H,26,27,28,29). The predicted octanol–water partition coefficient (Wildman–Crippen LogP) is 3.45. The van der Waals surface area contributed by atoms with E-state index in [1.54, 1.807) is 45.9 Å². The molecule has 0 aliphatic carbocycles. The molecule has 0 bridgehead atoms. The smallest absolute Gasteiger partial charge is 0.282 e. The third-order valence-corrected chi connectivity index (χ3v) is 6.68. The number of nitrogens with one attached hydrogen (secondary N) is 1. The van der Waals surface area contributed by atoms with Crippen LogP contribution in [0.5, 0.6) is 0 Å². The molecule has 0 amide bonds. The summed E-state index contributed by atoms with van der Waals surface area (Å²) in [5, 5.41) is 4.90. The minimum absolute atomic E-state index is 0.0676. The number of hydrogen-bond donors (Lipinski definition) is 1. The van der Waals surface area contributed by atoms with E-state index in [4.69, 9.17) is 5.10 Å². The Labute approximate surface area is 193 Å². The van der Waals surface area contributed by atoms with Crippen LogP contribution in [0.4, 0.5) is 10.2 Å². The first-order chi connectivity index (χ1) is 16.7. The number of halogens is 1. The molecule has 5 heterocycles. The van der Waals surface area contributed by atoms with E-state index in [1.807, 2.05) is 0 Å². The zero-order chi connectivity index (χ0) is 23.2. The lowest BCUT2D eigenvalue weighted by Crippen LogP contribution is -2.39. The Morgan fingerprint density at radius 3 is 2.85 bits per heavy atom. The summed E-state index contributed by atoms with van der Waals surface area (Å²) in [4.78, 5) is 32.1. The monoisotopic (exact) mass is 458 g/mol. The Morgan fingerprint density at radius 2 is 2.03 bits per heavy atom. The minimum Gasteiger partial charge on any atom is -0.351 e. The molecule has 1 aliphatic rings. The molecule has 1 saturated heterocycles. The second-order valence-electron chi connectivity index (χ2n) is 8.53. The molecular formula is C24H23FN8O. The number of H-pyrrole nitrogens is 1. The highest BCUT2D eigenvalue weighted by Gasteiger charge is 2.36. The van der Waals surface area contributed by atoms with E-state index in [0.717, 1.165) is 37.1 Å². The zero-order valence-electron chi connectivity index (χ0n) is 18.6. The van der Waals surface area contributed by atoms with Gasteiger partial charge in [-0.2, -0.15) is 5.10 Å². The number of fused-ring (bicyclic) bond motifs is 2. The molecule has 0 saturated carbocycles. The highest BCUT2D eigenvalue weighted by molar-refractivity contribution is 5.83. The summed E-state index contributed by atoms with van der Waals surface area (Å²) < 4.78 is 16.9. The number of hydrogen-bond acceptors (Lipinski definition) is 6. The Morgan fingerprint density at radius 1 is 1.18 bits per heavy atom. The van der Waals surface area contributed by atoms with Crippen LogP contribution in [-0.2, 0) is 0 Å². The average molecular weight is 459 g/mol. The number of imidazole rings is 1. The number of rotatable bonds is 5. The number of anilines is 1. The van der Waals surface area contributed by atoms with Crippen molar-refractivity contribution in [1.29, 1.82) is 0 Å². The molecule has 1 aliphatic heterocycles. The maximum absolute atomic E-state index is 13.7. The number of nitrogens with zero attached hydrogens (tertiary/aromatic N) is 7. The lowest BCUT2D eigenvalue weighted by Gasteiger charge is -2.32. The van der Waals surface area contributed by atoms with Crippen molar-refractivity contribution in [3.05, 3.63) is 77.2 Å². The van der Waals surface area contributed by atoms with Crippen molar-refractivity contribution in [1.82, 2.24) is 34.1 Å². The zero-order valence-corrected chi connectivity index (χ0v) is 18.6. The van der Waals surface area contributed by atoms with E-state index in [-0.39, 0.29) is 23.3 Å². The van der Waals surface area contributed by atoms with E-state index in [1.165, 1.54) is 18.5 Å². The van der Waals surface area contributed by atoms with Crippen molar-refractivity contribution in [2.75, 3.05) is 11.4 Å². The van der Waals surface area contributed by atoms with Gasteiger partial charge in [0.1, 0.15) is 29.0 Å². The minimum atomic E-state index is -0.351. The molecule has 1 aromatic carbocycles. The Balaban J connectivity index is 1.52.